The number of aromatic nitrogens is 2. The number of pyridine rings is 2. The summed E-state index contributed by atoms with van der Waals surface area (Å²) in [6, 6.07) is 8.95. The van der Waals surface area contributed by atoms with Crippen LogP contribution < -0.4 is 5.32 Å². The van der Waals surface area contributed by atoms with Crippen molar-refractivity contribution in [2.24, 2.45) is 0 Å². The summed E-state index contributed by atoms with van der Waals surface area (Å²) in [5.41, 5.74) is 0.893. The lowest BCUT2D eigenvalue weighted by atomic mass is 10.1. The minimum Gasteiger partial charge on any atom is -0.504 e. The number of nitrogens with one attached hydrogen (secondary N) is 1. The highest BCUT2D eigenvalue weighted by molar-refractivity contribution is 6.03. The number of fused-ring (bicyclic) bond motifs is 1. The van der Waals surface area contributed by atoms with Gasteiger partial charge in [-0.2, -0.15) is 0 Å². The van der Waals surface area contributed by atoms with E-state index in [9.17, 15) is 19.1 Å². The molecule has 2 heterocycles. The molecule has 0 saturated heterocycles. The lowest BCUT2D eigenvalue weighted by Gasteiger charge is -2.10. The monoisotopic (exact) mass is 381 g/mol. The molecule has 1 amide bonds. The van der Waals surface area contributed by atoms with Gasteiger partial charge in [0.05, 0.1) is 12.8 Å². The molecule has 0 saturated carbocycles. The highest BCUT2D eigenvalue weighted by Crippen LogP contribution is 2.28. The van der Waals surface area contributed by atoms with Gasteiger partial charge in [0, 0.05) is 24.2 Å². The molecule has 2 aromatic heterocycles. The lowest BCUT2D eigenvalue weighted by Crippen LogP contribution is -2.24. The molecular formula is C20H16FN3O4. The number of rotatable bonds is 5. The molecule has 3 rings (SSSR count). The van der Waals surface area contributed by atoms with Gasteiger partial charge in [-0.1, -0.05) is 12.1 Å². The van der Waals surface area contributed by atoms with E-state index in [4.69, 9.17) is 0 Å². The molecule has 0 radical (unpaired) electrons. The normalized spacial score (nSPS) is 10.9. The van der Waals surface area contributed by atoms with E-state index in [1.165, 1.54) is 43.6 Å². The molecule has 142 valence electrons. The van der Waals surface area contributed by atoms with Gasteiger partial charge >= 0.3 is 5.97 Å². The smallest absolute Gasteiger partial charge is 0.330 e. The van der Waals surface area contributed by atoms with Gasteiger partial charge in [-0.3, -0.25) is 9.78 Å². The average Bonchev–Trinajstić information content (AvgIpc) is 2.72. The van der Waals surface area contributed by atoms with Crippen LogP contribution in [0, 0.1) is 5.82 Å². The number of nitrogens with zero attached hydrogens (tertiary/aromatic N) is 2. The van der Waals surface area contributed by atoms with Gasteiger partial charge in [0.15, 0.2) is 11.4 Å². The number of esters is 1. The molecule has 2 N–H and O–H groups in total. The van der Waals surface area contributed by atoms with Gasteiger partial charge in [0.2, 0.25) is 0 Å². The Bertz CT molecular complexity index is 1060. The summed E-state index contributed by atoms with van der Waals surface area (Å²) in [6.07, 6.45) is 4.01. The summed E-state index contributed by atoms with van der Waals surface area (Å²) in [5.74, 6) is -1.98. The molecule has 0 aliphatic carbocycles. The van der Waals surface area contributed by atoms with Crippen molar-refractivity contribution in [2.45, 2.75) is 6.54 Å². The summed E-state index contributed by atoms with van der Waals surface area (Å²) in [4.78, 5) is 32.2. The van der Waals surface area contributed by atoms with Crippen LogP contribution in [0.1, 0.15) is 21.7 Å². The summed E-state index contributed by atoms with van der Waals surface area (Å²) >= 11 is 0. The van der Waals surface area contributed by atoms with Crippen LogP contribution in [0.2, 0.25) is 0 Å². The third-order valence-electron chi connectivity index (χ3n) is 3.92. The zero-order chi connectivity index (χ0) is 20.1. The molecule has 0 aliphatic heterocycles. The Morgan fingerprint density at radius 2 is 2.00 bits per heavy atom. The fraction of sp³-hybridized carbons (Fsp3) is 0.100. The topological polar surface area (TPSA) is 101 Å². The zero-order valence-corrected chi connectivity index (χ0v) is 14.8. The van der Waals surface area contributed by atoms with Gasteiger partial charge in [-0.25, -0.2) is 14.2 Å². The zero-order valence-electron chi connectivity index (χ0n) is 14.8. The number of hydrogen-bond acceptors (Lipinski definition) is 6. The maximum absolute atomic E-state index is 13.0. The van der Waals surface area contributed by atoms with Crippen molar-refractivity contribution < 1.29 is 23.8 Å². The Kier molecular flexibility index (Phi) is 5.59. The molecule has 28 heavy (non-hydrogen) atoms. The lowest BCUT2D eigenvalue weighted by molar-refractivity contribution is -0.134. The van der Waals surface area contributed by atoms with Crippen LogP contribution >= 0.6 is 0 Å². The number of aromatic hydroxyl groups is 1. The largest absolute Gasteiger partial charge is 0.504 e. The number of ether oxygens (including phenoxy) is 1. The number of halogens is 1. The molecule has 0 unspecified atom stereocenters. The first kappa shape index (κ1) is 19.0. The van der Waals surface area contributed by atoms with Crippen molar-refractivity contribution in [3.05, 3.63) is 71.4 Å². The fourth-order valence-corrected chi connectivity index (χ4v) is 2.52. The predicted octanol–water partition coefficient (Wildman–Crippen LogP) is 2.59. The van der Waals surface area contributed by atoms with E-state index < -0.39 is 11.9 Å². The number of carbonyl (C=O) groups excluding carboxylic acids is 2. The second-order valence-electron chi connectivity index (χ2n) is 5.76. The third-order valence-corrected chi connectivity index (χ3v) is 3.92. The number of hydrogen-bond donors (Lipinski definition) is 2. The quantitative estimate of drug-likeness (QED) is 0.520. The third kappa shape index (κ3) is 4.12. The van der Waals surface area contributed by atoms with E-state index in [1.807, 2.05) is 0 Å². The Morgan fingerprint density at radius 1 is 1.25 bits per heavy atom. The minimum atomic E-state index is -0.637. The Morgan fingerprint density at radius 3 is 2.71 bits per heavy atom. The van der Waals surface area contributed by atoms with Crippen molar-refractivity contribution >= 4 is 28.9 Å². The van der Waals surface area contributed by atoms with Gasteiger partial charge in [0.1, 0.15) is 11.3 Å². The van der Waals surface area contributed by atoms with Crippen molar-refractivity contribution in [1.29, 1.82) is 0 Å². The molecular weight excluding hydrogens is 365 g/mol. The number of amides is 1. The summed E-state index contributed by atoms with van der Waals surface area (Å²) < 4.78 is 17.5. The Hall–Kier alpha value is -3.81. The summed E-state index contributed by atoms with van der Waals surface area (Å²) in [6.45, 7) is 0.119. The van der Waals surface area contributed by atoms with Crippen LogP contribution in [-0.4, -0.2) is 34.1 Å². The number of methoxy groups -OCH3 is 1. The number of carbonyl (C=O) groups is 2. The van der Waals surface area contributed by atoms with Crippen LogP contribution in [0.25, 0.3) is 17.0 Å². The van der Waals surface area contributed by atoms with Gasteiger partial charge in [0.25, 0.3) is 5.91 Å². The van der Waals surface area contributed by atoms with Crippen molar-refractivity contribution in [1.82, 2.24) is 15.3 Å². The first-order valence-electron chi connectivity index (χ1n) is 8.26. The Labute approximate surface area is 159 Å². The molecule has 8 heteroatoms. The highest BCUT2D eigenvalue weighted by Gasteiger charge is 2.19. The molecule has 1 aromatic carbocycles. The van der Waals surface area contributed by atoms with Gasteiger partial charge < -0.3 is 15.2 Å². The second kappa shape index (κ2) is 8.26. The molecule has 0 fully saturated rings. The maximum atomic E-state index is 13.0. The van der Waals surface area contributed by atoms with Gasteiger partial charge in [-0.05, 0) is 35.9 Å². The fourth-order valence-electron chi connectivity index (χ4n) is 2.52. The highest BCUT2D eigenvalue weighted by atomic mass is 19.1. The van der Waals surface area contributed by atoms with E-state index in [2.05, 4.69) is 20.0 Å². The molecule has 0 bridgehead atoms. The predicted molar refractivity (Wildman–Crippen MR) is 99.8 cm³/mol. The summed E-state index contributed by atoms with van der Waals surface area (Å²) in [5, 5.41) is 13.5. The maximum Gasteiger partial charge on any atom is 0.330 e. The van der Waals surface area contributed by atoms with Crippen molar-refractivity contribution in [3.8, 4) is 5.75 Å². The SMILES string of the molecule is COC(=O)/C=C/c1nc(C(=O)NCc2ccc(F)cc2)c(O)c2ncccc12. The Balaban J connectivity index is 1.94. The standard InChI is InChI=1S/C20H16FN3O4/c1-28-16(25)9-8-15-14-3-2-10-22-17(14)19(26)18(24-15)20(27)23-11-12-4-6-13(21)7-5-12/h2-10,26H,11H2,1H3,(H,23,27)/b9-8+. The minimum absolute atomic E-state index is 0.119. The van der Waals surface area contributed by atoms with E-state index in [1.54, 1.807) is 12.1 Å². The molecule has 0 spiro atoms. The first-order chi connectivity index (χ1) is 13.5. The van der Waals surface area contributed by atoms with E-state index in [0.29, 0.717) is 10.9 Å². The van der Waals surface area contributed by atoms with Gasteiger partial charge in [-0.15, -0.1) is 0 Å². The molecule has 7 nitrogen and oxygen atoms in total. The number of benzene rings is 1. The molecule has 0 atom stereocenters. The first-order valence-corrected chi connectivity index (χ1v) is 8.26. The van der Waals surface area contributed by atoms with E-state index in [-0.39, 0.29) is 35.0 Å². The molecule has 3 aromatic rings. The van der Waals surface area contributed by atoms with Crippen LogP contribution in [0.15, 0.2) is 48.7 Å². The van der Waals surface area contributed by atoms with E-state index >= 15 is 0 Å². The molecule has 0 aliphatic rings. The second-order valence-corrected chi connectivity index (χ2v) is 5.76. The van der Waals surface area contributed by atoms with Crippen molar-refractivity contribution in [2.75, 3.05) is 7.11 Å². The van der Waals surface area contributed by atoms with Crippen LogP contribution in [0.5, 0.6) is 5.75 Å². The van der Waals surface area contributed by atoms with E-state index in [0.717, 1.165) is 6.08 Å². The summed E-state index contributed by atoms with van der Waals surface area (Å²) in [7, 11) is 1.24. The van der Waals surface area contributed by atoms with Crippen molar-refractivity contribution in [3.63, 3.8) is 0 Å². The van der Waals surface area contributed by atoms with Crippen LogP contribution in [0.4, 0.5) is 4.39 Å². The van der Waals surface area contributed by atoms with Crippen LogP contribution in [-0.2, 0) is 16.1 Å². The van der Waals surface area contributed by atoms with Crippen LogP contribution in [0.3, 0.4) is 0 Å². The average molecular weight is 381 g/mol.